The number of carbonyl (C=O) groups excluding carboxylic acids is 1. The van der Waals surface area contributed by atoms with E-state index in [1.807, 2.05) is 5.38 Å². The van der Waals surface area contributed by atoms with Crippen molar-refractivity contribution < 1.29 is 9.53 Å². The molecule has 15 heavy (non-hydrogen) atoms. The largest absolute Gasteiger partial charge is 0.381 e. The molecule has 0 saturated carbocycles. The van der Waals surface area contributed by atoms with Gasteiger partial charge in [0.2, 0.25) is 0 Å². The molecule has 1 aromatic heterocycles. The fraction of sp³-hybridized carbons (Fsp3) is 0.636. The molecule has 0 spiro atoms. The van der Waals surface area contributed by atoms with Crippen LogP contribution in [0.4, 0.5) is 0 Å². The van der Waals surface area contributed by atoms with Crippen LogP contribution in [0, 0.1) is 5.92 Å². The summed E-state index contributed by atoms with van der Waals surface area (Å²) in [6, 6.07) is 0. The minimum atomic E-state index is 0.0531. The van der Waals surface area contributed by atoms with Crippen LogP contribution in [0.15, 0.2) is 5.38 Å². The molecule has 0 radical (unpaired) electrons. The van der Waals surface area contributed by atoms with Gasteiger partial charge in [-0.2, -0.15) is 0 Å². The molecule has 0 N–H and O–H groups in total. The molecule has 0 aliphatic carbocycles. The zero-order valence-electron chi connectivity index (χ0n) is 8.86. The zero-order valence-corrected chi connectivity index (χ0v) is 9.68. The second kappa shape index (κ2) is 4.86. The summed E-state index contributed by atoms with van der Waals surface area (Å²) >= 11 is 1.58. The predicted octanol–water partition coefficient (Wildman–Crippen LogP) is 2.31. The molecule has 0 bridgehead atoms. The Labute approximate surface area is 93.5 Å². The number of nitrogens with zero attached hydrogens (tertiary/aromatic N) is 1. The third kappa shape index (κ3) is 2.86. The van der Waals surface area contributed by atoms with Gasteiger partial charge in [-0.15, -0.1) is 11.3 Å². The predicted molar refractivity (Wildman–Crippen MR) is 59.4 cm³/mol. The molecule has 2 heterocycles. The molecule has 3 nitrogen and oxygen atoms in total. The Kier molecular flexibility index (Phi) is 3.49. The van der Waals surface area contributed by atoms with Crippen molar-refractivity contribution in [3.63, 3.8) is 0 Å². The van der Waals surface area contributed by atoms with Gasteiger partial charge in [0, 0.05) is 31.9 Å². The minimum Gasteiger partial charge on any atom is -0.381 e. The fourth-order valence-electron chi connectivity index (χ4n) is 1.78. The summed E-state index contributed by atoms with van der Waals surface area (Å²) < 4.78 is 5.42. The highest BCUT2D eigenvalue weighted by Crippen LogP contribution is 2.21. The fourth-order valence-corrected chi connectivity index (χ4v) is 2.73. The van der Waals surface area contributed by atoms with Crippen LogP contribution < -0.4 is 0 Å². The van der Waals surface area contributed by atoms with Gasteiger partial charge in [0.05, 0.1) is 5.01 Å². The average Bonchev–Trinajstić information content (AvgIpc) is 2.68. The number of hydrogen-bond acceptors (Lipinski definition) is 4. The van der Waals surface area contributed by atoms with Gasteiger partial charge in [0.1, 0.15) is 5.69 Å². The molecule has 2 rings (SSSR count). The summed E-state index contributed by atoms with van der Waals surface area (Å²) in [7, 11) is 0. The van der Waals surface area contributed by atoms with Crippen molar-refractivity contribution in [1.82, 2.24) is 4.98 Å². The van der Waals surface area contributed by atoms with Crippen molar-refractivity contribution >= 4 is 17.1 Å². The number of Topliss-reactive ketones (excluding diaryl/α,β-unsaturated/α-hetero) is 1. The molecule has 0 aromatic carbocycles. The Balaban J connectivity index is 1.94. The van der Waals surface area contributed by atoms with Crippen molar-refractivity contribution in [3.05, 3.63) is 16.1 Å². The molecule has 4 heteroatoms. The van der Waals surface area contributed by atoms with Crippen LogP contribution in [-0.2, 0) is 11.2 Å². The minimum absolute atomic E-state index is 0.0531. The van der Waals surface area contributed by atoms with E-state index in [1.54, 1.807) is 18.3 Å². The van der Waals surface area contributed by atoms with Crippen LogP contribution in [0.25, 0.3) is 0 Å². The summed E-state index contributed by atoms with van der Waals surface area (Å²) in [5.74, 6) is 0.641. The summed E-state index contributed by atoms with van der Waals surface area (Å²) in [5.41, 5.74) is 0.603. The third-order valence-electron chi connectivity index (χ3n) is 2.63. The van der Waals surface area contributed by atoms with E-state index in [0.717, 1.165) is 31.1 Å². The van der Waals surface area contributed by atoms with Gasteiger partial charge >= 0.3 is 0 Å². The SMILES string of the molecule is CC(=O)c1csc(CC2CCCOC2)n1. The lowest BCUT2D eigenvalue weighted by atomic mass is 9.99. The van der Waals surface area contributed by atoms with Crippen molar-refractivity contribution in [3.8, 4) is 0 Å². The number of aromatic nitrogens is 1. The second-order valence-corrected chi connectivity index (χ2v) is 4.91. The van der Waals surface area contributed by atoms with E-state index in [2.05, 4.69) is 4.98 Å². The molecule has 1 aliphatic rings. The molecule has 1 unspecified atom stereocenters. The van der Waals surface area contributed by atoms with Gasteiger partial charge in [-0.1, -0.05) is 0 Å². The van der Waals surface area contributed by atoms with Gasteiger partial charge in [0.25, 0.3) is 0 Å². The second-order valence-electron chi connectivity index (χ2n) is 3.97. The summed E-state index contributed by atoms with van der Waals surface area (Å²) in [6.45, 7) is 3.30. The molecule has 1 saturated heterocycles. The third-order valence-corrected chi connectivity index (χ3v) is 3.50. The van der Waals surface area contributed by atoms with E-state index in [9.17, 15) is 4.79 Å². The number of carbonyl (C=O) groups is 1. The first-order chi connectivity index (χ1) is 7.25. The zero-order chi connectivity index (χ0) is 10.7. The molecule has 82 valence electrons. The smallest absolute Gasteiger partial charge is 0.178 e. The Morgan fingerprint density at radius 1 is 1.73 bits per heavy atom. The highest BCUT2D eigenvalue weighted by Gasteiger charge is 2.16. The van der Waals surface area contributed by atoms with Gasteiger partial charge in [-0.25, -0.2) is 4.98 Å². The normalized spacial score (nSPS) is 21.5. The van der Waals surface area contributed by atoms with E-state index in [0.29, 0.717) is 11.6 Å². The molecular formula is C11H15NO2S. The topological polar surface area (TPSA) is 39.2 Å². The average molecular weight is 225 g/mol. The summed E-state index contributed by atoms with van der Waals surface area (Å²) in [5, 5.41) is 2.91. The van der Waals surface area contributed by atoms with E-state index in [1.165, 1.54) is 6.42 Å². The van der Waals surface area contributed by atoms with Crippen LogP contribution in [0.2, 0.25) is 0 Å². The molecule has 1 aliphatic heterocycles. The first kappa shape index (κ1) is 10.8. The first-order valence-electron chi connectivity index (χ1n) is 5.29. The summed E-state index contributed by atoms with van der Waals surface area (Å²) in [6.07, 6.45) is 3.32. The van der Waals surface area contributed by atoms with Crippen molar-refractivity contribution in [2.45, 2.75) is 26.2 Å². The lowest BCUT2D eigenvalue weighted by Gasteiger charge is -2.20. The maximum absolute atomic E-state index is 11.1. The monoisotopic (exact) mass is 225 g/mol. The van der Waals surface area contributed by atoms with E-state index >= 15 is 0 Å². The van der Waals surface area contributed by atoms with Crippen LogP contribution in [0.1, 0.15) is 35.3 Å². The van der Waals surface area contributed by atoms with Crippen molar-refractivity contribution in [1.29, 1.82) is 0 Å². The molecule has 0 amide bonds. The maximum Gasteiger partial charge on any atom is 0.178 e. The molecule has 1 atom stereocenters. The number of ketones is 1. The van der Waals surface area contributed by atoms with E-state index in [4.69, 9.17) is 4.74 Å². The molecular weight excluding hydrogens is 210 g/mol. The lowest BCUT2D eigenvalue weighted by molar-refractivity contribution is 0.0550. The standard InChI is InChI=1S/C11H15NO2S/c1-8(13)10-7-15-11(12-10)5-9-3-2-4-14-6-9/h7,9H,2-6H2,1H3. The van der Waals surface area contributed by atoms with Crippen LogP contribution in [-0.4, -0.2) is 24.0 Å². The molecule has 1 aromatic rings. The van der Waals surface area contributed by atoms with Crippen molar-refractivity contribution in [2.24, 2.45) is 5.92 Å². The van der Waals surface area contributed by atoms with Crippen molar-refractivity contribution in [2.75, 3.05) is 13.2 Å². The number of hydrogen-bond donors (Lipinski definition) is 0. The van der Waals surface area contributed by atoms with E-state index < -0.39 is 0 Å². The number of ether oxygens (including phenoxy) is 1. The molecule has 1 fully saturated rings. The first-order valence-corrected chi connectivity index (χ1v) is 6.17. The van der Waals surface area contributed by atoms with Crippen LogP contribution >= 0.6 is 11.3 Å². The Morgan fingerprint density at radius 2 is 2.60 bits per heavy atom. The quantitative estimate of drug-likeness (QED) is 0.741. The van der Waals surface area contributed by atoms with Gasteiger partial charge in [0.15, 0.2) is 5.78 Å². The van der Waals surface area contributed by atoms with Gasteiger partial charge < -0.3 is 4.74 Å². The highest BCUT2D eigenvalue weighted by molar-refractivity contribution is 7.09. The van der Waals surface area contributed by atoms with Crippen LogP contribution in [0.5, 0.6) is 0 Å². The van der Waals surface area contributed by atoms with Gasteiger partial charge in [-0.05, 0) is 18.8 Å². The van der Waals surface area contributed by atoms with Crippen LogP contribution in [0.3, 0.4) is 0 Å². The van der Waals surface area contributed by atoms with Gasteiger partial charge in [-0.3, -0.25) is 4.79 Å². The lowest BCUT2D eigenvalue weighted by Crippen LogP contribution is -2.19. The maximum atomic E-state index is 11.1. The highest BCUT2D eigenvalue weighted by atomic mass is 32.1. The Hall–Kier alpha value is -0.740. The summed E-state index contributed by atoms with van der Waals surface area (Å²) in [4.78, 5) is 15.4. The Morgan fingerprint density at radius 3 is 3.20 bits per heavy atom. The Bertz CT molecular complexity index is 342. The van der Waals surface area contributed by atoms with E-state index in [-0.39, 0.29) is 5.78 Å². The number of thiazole rings is 1. The number of rotatable bonds is 3.